The number of nitrogens with zero attached hydrogens (tertiary/aromatic N) is 2. The lowest BCUT2D eigenvalue weighted by Gasteiger charge is -2.40. The highest BCUT2D eigenvalue weighted by Crippen LogP contribution is 2.46. The number of anilines is 1. The Kier molecular flexibility index (Phi) is 3.66. The second-order valence-electron chi connectivity index (χ2n) is 7.58. The van der Waals surface area contributed by atoms with Crippen LogP contribution in [0.4, 0.5) is 5.82 Å². The van der Waals surface area contributed by atoms with Crippen LogP contribution in [-0.2, 0) is 18.4 Å². The lowest BCUT2D eigenvalue weighted by Crippen LogP contribution is -2.42. The van der Waals surface area contributed by atoms with Gasteiger partial charge in [-0.3, -0.25) is 0 Å². The third kappa shape index (κ3) is 2.60. The third-order valence-corrected chi connectivity index (χ3v) is 6.26. The van der Waals surface area contributed by atoms with Crippen molar-refractivity contribution in [1.29, 1.82) is 0 Å². The van der Waals surface area contributed by atoms with Gasteiger partial charge >= 0.3 is 0 Å². The van der Waals surface area contributed by atoms with Crippen LogP contribution in [0.2, 0.25) is 0 Å². The van der Waals surface area contributed by atoms with Crippen LogP contribution < -0.4 is 15.0 Å². The van der Waals surface area contributed by atoms with Crippen LogP contribution in [0.25, 0.3) is 0 Å². The summed E-state index contributed by atoms with van der Waals surface area (Å²) in [6.07, 6.45) is 5.01. The van der Waals surface area contributed by atoms with E-state index < -0.39 is 0 Å². The average molecular weight is 335 g/mol. The molecule has 130 valence electrons. The van der Waals surface area contributed by atoms with Crippen molar-refractivity contribution in [1.82, 2.24) is 10.3 Å². The van der Waals surface area contributed by atoms with Gasteiger partial charge < -0.3 is 15.0 Å². The summed E-state index contributed by atoms with van der Waals surface area (Å²) in [7, 11) is 0. The van der Waals surface area contributed by atoms with Crippen molar-refractivity contribution in [2.24, 2.45) is 0 Å². The third-order valence-electron chi connectivity index (χ3n) is 6.26. The number of aryl methyl sites for hydroxylation is 1. The first-order valence-corrected chi connectivity index (χ1v) is 9.51. The van der Waals surface area contributed by atoms with Crippen LogP contribution in [0, 0.1) is 0 Å². The number of ether oxygens (including phenoxy) is 1. The predicted octanol–water partition coefficient (Wildman–Crippen LogP) is 3.05. The van der Waals surface area contributed by atoms with Gasteiger partial charge in [-0.05, 0) is 54.4 Å². The molecule has 2 aliphatic heterocycles. The molecule has 1 saturated heterocycles. The molecular formula is C21H25N3O. The second kappa shape index (κ2) is 6.03. The van der Waals surface area contributed by atoms with E-state index in [1.165, 1.54) is 31.2 Å². The predicted molar refractivity (Wildman–Crippen MR) is 99.3 cm³/mol. The summed E-state index contributed by atoms with van der Waals surface area (Å²) < 4.78 is 5.82. The number of nitrogens with one attached hydrogen (secondary N) is 1. The number of piperidine rings is 1. The van der Waals surface area contributed by atoms with Crippen molar-refractivity contribution in [3.8, 4) is 5.88 Å². The van der Waals surface area contributed by atoms with Crippen molar-refractivity contribution < 1.29 is 4.74 Å². The fourth-order valence-electron chi connectivity index (χ4n) is 4.79. The largest absolute Gasteiger partial charge is 0.476 e. The van der Waals surface area contributed by atoms with Gasteiger partial charge in [-0.25, -0.2) is 0 Å². The maximum absolute atomic E-state index is 5.82. The van der Waals surface area contributed by atoms with Crippen molar-refractivity contribution >= 4 is 5.82 Å². The number of fused-ring (bicyclic) bond motifs is 3. The molecule has 1 aromatic heterocycles. The van der Waals surface area contributed by atoms with Gasteiger partial charge in [0, 0.05) is 31.7 Å². The molecule has 25 heavy (non-hydrogen) atoms. The van der Waals surface area contributed by atoms with Gasteiger partial charge in [-0.1, -0.05) is 24.3 Å². The van der Waals surface area contributed by atoms with Crippen LogP contribution in [0.5, 0.6) is 5.88 Å². The molecule has 1 fully saturated rings. The second-order valence-corrected chi connectivity index (χ2v) is 7.58. The van der Waals surface area contributed by atoms with E-state index in [1.807, 2.05) is 0 Å². The number of hydrogen-bond donors (Lipinski definition) is 1. The molecule has 1 spiro atoms. The van der Waals surface area contributed by atoms with E-state index in [9.17, 15) is 0 Å². The first-order chi connectivity index (χ1) is 12.3. The van der Waals surface area contributed by atoms with Crippen molar-refractivity contribution in [3.05, 3.63) is 53.1 Å². The number of aromatic nitrogens is 1. The lowest BCUT2D eigenvalue weighted by atomic mass is 9.74. The number of benzene rings is 1. The first-order valence-electron chi connectivity index (χ1n) is 9.51. The van der Waals surface area contributed by atoms with Crippen LogP contribution in [0.3, 0.4) is 0 Å². The minimum atomic E-state index is 0.402. The molecule has 1 N–H and O–H groups in total. The number of rotatable bonds is 1. The monoisotopic (exact) mass is 335 g/mol. The minimum absolute atomic E-state index is 0.402. The fourth-order valence-corrected chi connectivity index (χ4v) is 4.79. The molecule has 1 aromatic carbocycles. The van der Waals surface area contributed by atoms with Gasteiger partial charge in [0.2, 0.25) is 5.88 Å². The summed E-state index contributed by atoms with van der Waals surface area (Å²) in [5.74, 6) is 1.88. The smallest absolute Gasteiger partial charge is 0.219 e. The zero-order valence-corrected chi connectivity index (χ0v) is 14.6. The van der Waals surface area contributed by atoms with E-state index in [1.54, 1.807) is 11.1 Å². The zero-order chi connectivity index (χ0) is 16.7. The molecule has 0 amide bonds. The molecule has 3 heterocycles. The molecule has 1 aliphatic carbocycles. The molecule has 0 unspecified atom stereocenters. The maximum Gasteiger partial charge on any atom is 0.219 e. The highest BCUT2D eigenvalue weighted by Gasteiger charge is 2.41. The quantitative estimate of drug-likeness (QED) is 0.869. The lowest BCUT2D eigenvalue weighted by molar-refractivity contribution is 0.311. The average Bonchev–Trinajstić information content (AvgIpc) is 2.86. The summed E-state index contributed by atoms with van der Waals surface area (Å²) in [6.45, 7) is 4.60. The molecule has 4 nitrogen and oxygen atoms in total. The summed E-state index contributed by atoms with van der Waals surface area (Å²) >= 11 is 0. The number of hydrogen-bond acceptors (Lipinski definition) is 4. The molecule has 2 aromatic rings. The maximum atomic E-state index is 5.82. The van der Waals surface area contributed by atoms with E-state index >= 15 is 0 Å². The normalized spacial score (nSPS) is 21.4. The Labute approximate surface area is 149 Å². The minimum Gasteiger partial charge on any atom is -0.476 e. The van der Waals surface area contributed by atoms with Crippen LogP contribution in [0.1, 0.15) is 36.0 Å². The molecule has 0 saturated carbocycles. The Morgan fingerprint density at radius 1 is 1.00 bits per heavy atom. The molecule has 0 radical (unpaired) electrons. The molecule has 4 heteroatoms. The highest BCUT2D eigenvalue weighted by atomic mass is 16.5. The Morgan fingerprint density at radius 2 is 1.88 bits per heavy atom. The van der Waals surface area contributed by atoms with E-state index in [2.05, 4.69) is 46.6 Å². The van der Waals surface area contributed by atoms with Gasteiger partial charge in [0.1, 0.15) is 12.4 Å². The van der Waals surface area contributed by atoms with Crippen molar-refractivity contribution in [2.45, 2.75) is 37.6 Å². The summed E-state index contributed by atoms with van der Waals surface area (Å²) in [6, 6.07) is 13.4. The highest BCUT2D eigenvalue weighted by molar-refractivity contribution is 5.47. The summed E-state index contributed by atoms with van der Waals surface area (Å²) in [5, 5.41) is 3.37. The SMILES string of the molecule is c1ccc2c(c1)CCC21CCN(c2ccc3c(n2)OCCNC3)CC1. The van der Waals surface area contributed by atoms with Crippen molar-refractivity contribution in [2.75, 3.05) is 31.1 Å². The number of pyridine rings is 1. The van der Waals surface area contributed by atoms with Gasteiger partial charge in [0.05, 0.1) is 0 Å². The topological polar surface area (TPSA) is 37.4 Å². The van der Waals surface area contributed by atoms with Gasteiger partial charge in [-0.15, -0.1) is 0 Å². The Morgan fingerprint density at radius 3 is 2.80 bits per heavy atom. The van der Waals surface area contributed by atoms with E-state index in [0.29, 0.717) is 12.0 Å². The summed E-state index contributed by atoms with van der Waals surface area (Å²) in [4.78, 5) is 7.26. The van der Waals surface area contributed by atoms with Gasteiger partial charge in [0.15, 0.2) is 0 Å². The molecule has 3 aliphatic rings. The van der Waals surface area contributed by atoms with E-state index in [0.717, 1.165) is 37.9 Å². The summed E-state index contributed by atoms with van der Waals surface area (Å²) in [5.41, 5.74) is 4.75. The van der Waals surface area contributed by atoms with Crippen LogP contribution >= 0.6 is 0 Å². The van der Waals surface area contributed by atoms with Crippen LogP contribution in [0.15, 0.2) is 36.4 Å². The fraction of sp³-hybridized carbons (Fsp3) is 0.476. The zero-order valence-electron chi connectivity index (χ0n) is 14.6. The van der Waals surface area contributed by atoms with E-state index in [4.69, 9.17) is 9.72 Å². The van der Waals surface area contributed by atoms with Gasteiger partial charge in [0.25, 0.3) is 0 Å². The van der Waals surface area contributed by atoms with Crippen LogP contribution in [-0.4, -0.2) is 31.2 Å². The standard InChI is InChI=1S/C21H25N3O/c1-2-4-18-16(3-1)7-8-21(18)9-12-24(13-10-21)19-6-5-17-15-22-11-14-25-20(17)23-19/h1-6,22H,7-15H2. The van der Waals surface area contributed by atoms with Gasteiger partial charge in [-0.2, -0.15) is 4.98 Å². The Hall–Kier alpha value is -2.07. The Bertz CT molecular complexity index is 780. The Balaban J connectivity index is 1.35. The molecule has 5 rings (SSSR count). The molecule has 0 atom stereocenters. The van der Waals surface area contributed by atoms with E-state index in [-0.39, 0.29) is 0 Å². The molecular weight excluding hydrogens is 310 g/mol. The van der Waals surface area contributed by atoms with Crippen molar-refractivity contribution in [3.63, 3.8) is 0 Å². The first kappa shape index (κ1) is 15.2. The molecule has 0 bridgehead atoms.